The normalized spacial score (nSPS) is 19.1. The van der Waals surface area contributed by atoms with Gasteiger partial charge in [-0.15, -0.1) is 0 Å². The van der Waals surface area contributed by atoms with E-state index in [0.717, 1.165) is 31.4 Å². The van der Waals surface area contributed by atoms with E-state index >= 15 is 0 Å². The quantitative estimate of drug-likeness (QED) is 0.665. The topological polar surface area (TPSA) is 12.0 Å². The lowest BCUT2D eigenvalue weighted by Gasteiger charge is -2.35. The molecule has 0 fully saturated rings. The van der Waals surface area contributed by atoms with Crippen LogP contribution in [0.2, 0.25) is 0 Å². The van der Waals surface area contributed by atoms with E-state index in [4.69, 9.17) is 0 Å². The lowest BCUT2D eigenvalue weighted by molar-refractivity contribution is 0.383. The molecule has 0 unspecified atom stereocenters. The predicted molar refractivity (Wildman–Crippen MR) is 105 cm³/mol. The van der Waals surface area contributed by atoms with Crippen LogP contribution in [0.15, 0.2) is 78.9 Å². The summed E-state index contributed by atoms with van der Waals surface area (Å²) in [4.78, 5) is 0. The fraction of sp³-hybridized carbons (Fsp3) is 0.250. The van der Waals surface area contributed by atoms with E-state index in [1.54, 1.807) is 0 Å². The fourth-order valence-electron chi connectivity index (χ4n) is 4.07. The summed E-state index contributed by atoms with van der Waals surface area (Å²) >= 11 is 0. The average Bonchev–Trinajstić information content (AvgIpc) is 2.69. The monoisotopic (exact) mass is 345 g/mol. The van der Waals surface area contributed by atoms with Crippen molar-refractivity contribution in [3.05, 3.63) is 107 Å². The predicted octanol–water partition coefficient (Wildman–Crippen LogP) is 5.26. The van der Waals surface area contributed by atoms with E-state index in [0.29, 0.717) is 12.0 Å². The number of fused-ring (bicyclic) bond motifs is 1. The van der Waals surface area contributed by atoms with Gasteiger partial charge in [0.25, 0.3) is 0 Å². The number of halogens is 1. The van der Waals surface area contributed by atoms with Crippen molar-refractivity contribution in [2.24, 2.45) is 0 Å². The molecule has 3 aromatic rings. The summed E-state index contributed by atoms with van der Waals surface area (Å²) in [7, 11) is 0. The van der Waals surface area contributed by atoms with Gasteiger partial charge in [-0.2, -0.15) is 0 Å². The Labute approximate surface area is 154 Å². The SMILES string of the molecule is Fc1ccc(CN[C@@H]2CCc3ccccc3[C@@H]2Cc2ccccc2)cc1. The molecule has 0 spiro atoms. The maximum absolute atomic E-state index is 13.1. The van der Waals surface area contributed by atoms with Crippen LogP contribution in [0, 0.1) is 5.82 Å². The highest BCUT2D eigenvalue weighted by Gasteiger charge is 2.29. The Kier molecular flexibility index (Phi) is 5.12. The Morgan fingerprint density at radius 3 is 2.35 bits per heavy atom. The molecule has 0 aliphatic heterocycles. The molecule has 1 nitrogen and oxygen atoms in total. The molecule has 2 heteroatoms. The summed E-state index contributed by atoms with van der Waals surface area (Å²) in [5, 5.41) is 3.75. The largest absolute Gasteiger partial charge is 0.309 e. The van der Waals surface area contributed by atoms with Crippen molar-refractivity contribution < 1.29 is 4.39 Å². The Hall–Kier alpha value is -2.45. The van der Waals surface area contributed by atoms with Gasteiger partial charge in [0.1, 0.15) is 5.82 Å². The van der Waals surface area contributed by atoms with Crippen LogP contribution in [0.1, 0.15) is 34.6 Å². The number of aryl methyl sites for hydroxylation is 1. The molecule has 2 atom stereocenters. The number of rotatable bonds is 5. The van der Waals surface area contributed by atoms with Gasteiger partial charge in [-0.3, -0.25) is 0 Å². The fourth-order valence-corrected chi connectivity index (χ4v) is 4.07. The van der Waals surface area contributed by atoms with Crippen molar-refractivity contribution in [2.45, 2.75) is 37.8 Å². The molecule has 1 aliphatic rings. The van der Waals surface area contributed by atoms with E-state index in [-0.39, 0.29) is 5.82 Å². The first-order valence-electron chi connectivity index (χ1n) is 9.39. The Morgan fingerprint density at radius 2 is 1.54 bits per heavy atom. The minimum absolute atomic E-state index is 0.178. The van der Waals surface area contributed by atoms with Gasteiger partial charge < -0.3 is 5.32 Å². The van der Waals surface area contributed by atoms with Crippen LogP contribution in [0.25, 0.3) is 0 Å². The standard InChI is InChI=1S/C24H24FN/c25-21-13-10-19(11-14-21)17-26-24-15-12-20-8-4-5-9-22(20)23(24)16-18-6-2-1-3-7-18/h1-11,13-14,23-24,26H,12,15-17H2/t23-,24+/m0/s1. The van der Waals surface area contributed by atoms with Crippen LogP contribution >= 0.6 is 0 Å². The minimum atomic E-state index is -0.178. The van der Waals surface area contributed by atoms with Crippen LogP contribution in [0.5, 0.6) is 0 Å². The van der Waals surface area contributed by atoms with E-state index in [9.17, 15) is 4.39 Å². The number of hydrogen-bond donors (Lipinski definition) is 1. The Balaban J connectivity index is 1.55. The lowest BCUT2D eigenvalue weighted by atomic mass is 9.76. The second kappa shape index (κ2) is 7.84. The van der Waals surface area contributed by atoms with E-state index in [2.05, 4.69) is 59.9 Å². The Morgan fingerprint density at radius 1 is 0.808 bits per heavy atom. The zero-order valence-electron chi connectivity index (χ0n) is 14.9. The van der Waals surface area contributed by atoms with Crippen molar-refractivity contribution in [2.75, 3.05) is 0 Å². The van der Waals surface area contributed by atoms with E-state index in [1.807, 2.05) is 12.1 Å². The third kappa shape index (κ3) is 3.86. The van der Waals surface area contributed by atoms with Gasteiger partial charge >= 0.3 is 0 Å². The molecule has 3 aromatic carbocycles. The summed E-state index contributed by atoms with van der Waals surface area (Å²) in [5.41, 5.74) is 5.46. The molecule has 1 N–H and O–H groups in total. The van der Waals surface area contributed by atoms with Crippen molar-refractivity contribution in [3.63, 3.8) is 0 Å². The summed E-state index contributed by atoms with van der Waals surface area (Å²) in [5.74, 6) is 0.282. The molecule has 0 amide bonds. The lowest BCUT2D eigenvalue weighted by Crippen LogP contribution is -2.39. The molecule has 0 radical (unpaired) electrons. The minimum Gasteiger partial charge on any atom is -0.309 e. The number of hydrogen-bond acceptors (Lipinski definition) is 1. The molecule has 4 rings (SSSR count). The second-order valence-corrected chi connectivity index (χ2v) is 7.15. The highest BCUT2D eigenvalue weighted by atomic mass is 19.1. The third-order valence-corrected chi connectivity index (χ3v) is 5.45. The molecule has 26 heavy (non-hydrogen) atoms. The molecule has 0 bridgehead atoms. The van der Waals surface area contributed by atoms with E-state index in [1.165, 1.54) is 28.8 Å². The zero-order chi connectivity index (χ0) is 17.8. The molecule has 132 valence electrons. The Bertz CT molecular complexity index is 842. The first kappa shape index (κ1) is 17.0. The number of benzene rings is 3. The van der Waals surface area contributed by atoms with Crippen molar-refractivity contribution in [1.82, 2.24) is 5.32 Å². The summed E-state index contributed by atoms with van der Waals surface area (Å²) in [6, 6.07) is 26.8. The average molecular weight is 345 g/mol. The highest BCUT2D eigenvalue weighted by Crippen LogP contribution is 2.34. The van der Waals surface area contributed by atoms with Crippen molar-refractivity contribution in [1.29, 1.82) is 0 Å². The van der Waals surface area contributed by atoms with Crippen LogP contribution in [-0.2, 0) is 19.4 Å². The van der Waals surface area contributed by atoms with E-state index < -0.39 is 0 Å². The van der Waals surface area contributed by atoms with Crippen molar-refractivity contribution in [3.8, 4) is 0 Å². The number of nitrogens with one attached hydrogen (secondary N) is 1. The smallest absolute Gasteiger partial charge is 0.123 e. The maximum Gasteiger partial charge on any atom is 0.123 e. The van der Waals surface area contributed by atoms with Gasteiger partial charge in [-0.25, -0.2) is 4.39 Å². The molecular weight excluding hydrogens is 321 g/mol. The third-order valence-electron chi connectivity index (χ3n) is 5.45. The van der Waals surface area contributed by atoms with Crippen LogP contribution in [0.4, 0.5) is 4.39 Å². The molecule has 1 aliphatic carbocycles. The first-order valence-corrected chi connectivity index (χ1v) is 9.39. The van der Waals surface area contributed by atoms with Gasteiger partial charge in [0.15, 0.2) is 0 Å². The molecular formula is C24H24FN. The van der Waals surface area contributed by atoms with Crippen LogP contribution < -0.4 is 5.32 Å². The van der Waals surface area contributed by atoms with Gasteiger partial charge in [0.2, 0.25) is 0 Å². The van der Waals surface area contributed by atoms with Gasteiger partial charge in [0.05, 0.1) is 0 Å². The van der Waals surface area contributed by atoms with Gasteiger partial charge in [-0.05, 0) is 53.6 Å². The molecule has 0 aromatic heterocycles. The molecule has 0 saturated carbocycles. The summed E-state index contributed by atoms with van der Waals surface area (Å²) < 4.78 is 13.1. The highest BCUT2D eigenvalue weighted by molar-refractivity contribution is 5.36. The summed E-state index contributed by atoms with van der Waals surface area (Å²) in [6.45, 7) is 0.776. The van der Waals surface area contributed by atoms with Gasteiger partial charge in [0, 0.05) is 18.5 Å². The first-order chi connectivity index (χ1) is 12.8. The van der Waals surface area contributed by atoms with Crippen LogP contribution in [-0.4, -0.2) is 6.04 Å². The molecule has 0 saturated heterocycles. The van der Waals surface area contributed by atoms with Gasteiger partial charge in [-0.1, -0.05) is 66.7 Å². The van der Waals surface area contributed by atoms with Crippen molar-refractivity contribution >= 4 is 0 Å². The molecule has 0 heterocycles. The second-order valence-electron chi connectivity index (χ2n) is 7.15. The zero-order valence-corrected chi connectivity index (χ0v) is 14.9. The van der Waals surface area contributed by atoms with Crippen LogP contribution in [0.3, 0.4) is 0 Å². The summed E-state index contributed by atoms with van der Waals surface area (Å²) in [6.07, 6.45) is 3.29. The maximum atomic E-state index is 13.1.